The van der Waals surface area contributed by atoms with Gasteiger partial charge < -0.3 is 4.74 Å². The van der Waals surface area contributed by atoms with Gasteiger partial charge in [-0.25, -0.2) is 0 Å². The summed E-state index contributed by atoms with van der Waals surface area (Å²) in [7, 11) is 0. The molecule has 36 valence electrons. The first-order valence-electron chi connectivity index (χ1n) is 1.61. The molecule has 0 aromatic rings. The minimum atomic E-state index is 0.204. The maximum Gasteiger partial charge on any atom is 0.161 e. The summed E-state index contributed by atoms with van der Waals surface area (Å²) < 4.78 is 4.61. The number of alkyl halides is 1. The van der Waals surface area contributed by atoms with Crippen LogP contribution in [-0.4, -0.2) is 6.07 Å². The zero-order valence-electron chi connectivity index (χ0n) is 3.70. The second-order valence-electron chi connectivity index (χ2n) is 0.955. The molecular formula is C4H7ClO. The third-order valence-corrected chi connectivity index (χ3v) is 0.410. The molecule has 0 spiro atoms. The monoisotopic (exact) mass is 106 g/mol. The minimum absolute atomic E-state index is 0.204. The van der Waals surface area contributed by atoms with Crippen LogP contribution in [0.25, 0.3) is 0 Å². The van der Waals surface area contributed by atoms with Gasteiger partial charge in [-0.1, -0.05) is 18.2 Å². The molecule has 0 saturated carbocycles. The van der Waals surface area contributed by atoms with E-state index in [9.17, 15) is 0 Å². The molecular weight excluding hydrogens is 99.5 g/mol. The Morgan fingerprint density at radius 2 is 2.50 bits per heavy atom. The highest BCUT2D eigenvalue weighted by Crippen LogP contribution is 1.89. The van der Waals surface area contributed by atoms with E-state index in [4.69, 9.17) is 11.6 Å². The van der Waals surface area contributed by atoms with Gasteiger partial charge in [0, 0.05) is 0 Å². The van der Waals surface area contributed by atoms with Crippen LogP contribution < -0.4 is 0 Å². The molecule has 1 nitrogen and oxygen atoms in total. The van der Waals surface area contributed by atoms with Crippen LogP contribution in [0.5, 0.6) is 0 Å². The zero-order chi connectivity index (χ0) is 4.99. The van der Waals surface area contributed by atoms with Gasteiger partial charge in [0.1, 0.15) is 0 Å². The fourth-order valence-corrected chi connectivity index (χ4v) is 0.279. The number of rotatable bonds is 2. The Hall–Kier alpha value is -0.170. The Morgan fingerprint density at radius 1 is 2.00 bits per heavy atom. The third-order valence-electron chi connectivity index (χ3n) is 0.301. The molecule has 0 radical (unpaired) electrons. The van der Waals surface area contributed by atoms with E-state index in [1.165, 1.54) is 0 Å². The quantitative estimate of drug-likeness (QED) is 0.385. The van der Waals surface area contributed by atoms with Crippen LogP contribution in [0, 0.1) is 0 Å². The molecule has 0 bridgehead atoms. The van der Waals surface area contributed by atoms with Gasteiger partial charge in [-0.15, -0.1) is 0 Å². The first-order valence-corrected chi connectivity index (χ1v) is 2.15. The standard InChI is InChI=1S/C4H7ClO/c1-4(2)6-3-5/h1,3H2,2H3. The predicted octanol–water partition coefficient (Wildman–Crippen LogP) is 1.73. The van der Waals surface area contributed by atoms with Crippen LogP contribution in [0.15, 0.2) is 12.3 Å². The van der Waals surface area contributed by atoms with E-state index in [-0.39, 0.29) is 6.07 Å². The molecule has 0 rings (SSSR count). The van der Waals surface area contributed by atoms with E-state index in [0.717, 1.165) is 0 Å². The lowest BCUT2D eigenvalue weighted by Crippen LogP contribution is -1.78. The van der Waals surface area contributed by atoms with E-state index in [1.54, 1.807) is 6.92 Å². The lowest BCUT2D eigenvalue weighted by Gasteiger charge is -1.93. The van der Waals surface area contributed by atoms with Crippen molar-refractivity contribution in [1.82, 2.24) is 0 Å². The average molecular weight is 107 g/mol. The van der Waals surface area contributed by atoms with Crippen molar-refractivity contribution in [3.8, 4) is 0 Å². The summed E-state index contributed by atoms with van der Waals surface area (Å²) in [6.45, 7) is 5.19. The van der Waals surface area contributed by atoms with Crippen molar-refractivity contribution in [2.75, 3.05) is 6.07 Å². The van der Waals surface area contributed by atoms with Gasteiger partial charge in [-0.3, -0.25) is 0 Å². The molecule has 0 heterocycles. The van der Waals surface area contributed by atoms with Crippen molar-refractivity contribution in [1.29, 1.82) is 0 Å². The molecule has 0 aliphatic carbocycles. The second kappa shape index (κ2) is 3.04. The highest BCUT2D eigenvalue weighted by Gasteiger charge is 1.74. The zero-order valence-corrected chi connectivity index (χ0v) is 4.46. The summed E-state index contributed by atoms with van der Waals surface area (Å²) >= 11 is 5.11. The number of ether oxygens (including phenoxy) is 1. The molecule has 0 aliphatic heterocycles. The maximum absolute atomic E-state index is 5.11. The Kier molecular flexibility index (Phi) is 2.95. The molecule has 0 aromatic carbocycles. The lowest BCUT2D eigenvalue weighted by atomic mass is 10.7. The molecule has 0 fully saturated rings. The van der Waals surface area contributed by atoms with Gasteiger partial charge in [0.25, 0.3) is 0 Å². The van der Waals surface area contributed by atoms with Gasteiger partial charge in [-0.2, -0.15) is 0 Å². The van der Waals surface area contributed by atoms with Crippen molar-refractivity contribution < 1.29 is 4.74 Å². The largest absolute Gasteiger partial charge is 0.483 e. The Balaban J connectivity index is 2.83. The molecule has 0 N–H and O–H groups in total. The van der Waals surface area contributed by atoms with Crippen molar-refractivity contribution in [3.05, 3.63) is 12.3 Å². The summed E-state index contributed by atoms with van der Waals surface area (Å²) in [6, 6.07) is 0.204. The number of halogens is 1. The van der Waals surface area contributed by atoms with E-state index in [0.29, 0.717) is 5.76 Å². The highest BCUT2D eigenvalue weighted by atomic mass is 35.5. The molecule has 2 heteroatoms. The van der Waals surface area contributed by atoms with Gasteiger partial charge in [0.15, 0.2) is 6.07 Å². The first kappa shape index (κ1) is 5.83. The Morgan fingerprint density at radius 3 is 2.50 bits per heavy atom. The summed E-state index contributed by atoms with van der Waals surface area (Å²) in [5.74, 6) is 0.657. The molecule has 6 heavy (non-hydrogen) atoms. The normalized spacial score (nSPS) is 7.67. The Labute approximate surface area is 42.6 Å². The van der Waals surface area contributed by atoms with E-state index in [2.05, 4.69) is 11.3 Å². The smallest absolute Gasteiger partial charge is 0.161 e. The number of hydrogen-bond donors (Lipinski definition) is 0. The van der Waals surface area contributed by atoms with Crippen LogP contribution in [0.3, 0.4) is 0 Å². The van der Waals surface area contributed by atoms with E-state index >= 15 is 0 Å². The van der Waals surface area contributed by atoms with Crippen LogP contribution >= 0.6 is 11.6 Å². The van der Waals surface area contributed by atoms with Crippen molar-refractivity contribution in [2.24, 2.45) is 0 Å². The highest BCUT2D eigenvalue weighted by molar-refractivity contribution is 6.17. The van der Waals surface area contributed by atoms with Gasteiger partial charge in [0.05, 0.1) is 5.76 Å². The average Bonchev–Trinajstić information content (AvgIpc) is 1.35. The first-order chi connectivity index (χ1) is 2.77. The van der Waals surface area contributed by atoms with E-state index in [1.807, 2.05) is 0 Å². The minimum Gasteiger partial charge on any atom is -0.483 e. The van der Waals surface area contributed by atoms with Crippen molar-refractivity contribution >= 4 is 11.6 Å². The van der Waals surface area contributed by atoms with Crippen LogP contribution in [0.4, 0.5) is 0 Å². The predicted molar refractivity (Wildman–Crippen MR) is 26.6 cm³/mol. The lowest BCUT2D eigenvalue weighted by molar-refractivity contribution is 0.272. The van der Waals surface area contributed by atoms with Crippen LogP contribution in [0.1, 0.15) is 6.92 Å². The van der Waals surface area contributed by atoms with E-state index < -0.39 is 0 Å². The van der Waals surface area contributed by atoms with Gasteiger partial charge in [-0.05, 0) is 6.92 Å². The summed E-state index contributed by atoms with van der Waals surface area (Å²) in [6.07, 6.45) is 0. The molecule has 0 saturated heterocycles. The van der Waals surface area contributed by atoms with Crippen molar-refractivity contribution in [3.63, 3.8) is 0 Å². The molecule has 0 aliphatic rings. The fourth-order valence-electron chi connectivity index (χ4n) is 0.0931. The SMILES string of the molecule is C=C(C)OCCl. The topological polar surface area (TPSA) is 9.23 Å². The Bertz CT molecular complexity index is 51.5. The maximum atomic E-state index is 5.11. The van der Waals surface area contributed by atoms with Crippen LogP contribution in [-0.2, 0) is 4.74 Å². The second-order valence-corrected chi connectivity index (χ2v) is 1.17. The fraction of sp³-hybridized carbons (Fsp3) is 0.500. The summed E-state index contributed by atoms with van der Waals surface area (Å²) in [5.41, 5.74) is 0. The molecule has 0 aromatic heterocycles. The third kappa shape index (κ3) is 3.83. The summed E-state index contributed by atoms with van der Waals surface area (Å²) in [4.78, 5) is 0. The van der Waals surface area contributed by atoms with Gasteiger partial charge in [0.2, 0.25) is 0 Å². The van der Waals surface area contributed by atoms with Crippen molar-refractivity contribution in [2.45, 2.75) is 6.92 Å². The van der Waals surface area contributed by atoms with Crippen LogP contribution in [0.2, 0.25) is 0 Å². The van der Waals surface area contributed by atoms with Gasteiger partial charge >= 0.3 is 0 Å². The summed E-state index contributed by atoms with van der Waals surface area (Å²) in [5, 5.41) is 0. The molecule has 0 amide bonds. The number of allylic oxidation sites excluding steroid dienone is 1. The number of hydrogen-bond acceptors (Lipinski definition) is 1. The molecule has 0 unspecified atom stereocenters. The molecule has 0 atom stereocenters.